The van der Waals surface area contributed by atoms with E-state index in [1.165, 1.54) is 0 Å². The number of carboxylic acids is 1. The molecule has 22 heavy (non-hydrogen) atoms. The van der Waals surface area contributed by atoms with Gasteiger partial charge in [0.05, 0.1) is 5.69 Å². The average molecular weight is 293 g/mol. The van der Waals surface area contributed by atoms with Crippen molar-refractivity contribution in [2.24, 2.45) is 0 Å². The molecular weight excluding hydrogens is 278 g/mol. The third kappa shape index (κ3) is 2.48. The van der Waals surface area contributed by atoms with Crippen LogP contribution in [0.15, 0.2) is 48.5 Å². The molecule has 5 nitrogen and oxygen atoms in total. The average Bonchev–Trinajstić information content (AvgIpc) is 2.93. The summed E-state index contributed by atoms with van der Waals surface area (Å²) in [5.41, 5.74) is 4.17. The molecule has 0 atom stereocenters. The van der Waals surface area contributed by atoms with Crippen LogP contribution < -0.4 is 0 Å². The van der Waals surface area contributed by atoms with Gasteiger partial charge in [0, 0.05) is 5.56 Å². The summed E-state index contributed by atoms with van der Waals surface area (Å²) in [6.07, 6.45) is 0. The number of aromatic carboxylic acids is 1. The number of hydrogen-bond acceptors (Lipinski definition) is 3. The zero-order valence-corrected chi connectivity index (χ0v) is 12.3. The Kier molecular flexibility index (Phi) is 3.47. The summed E-state index contributed by atoms with van der Waals surface area (Å²) >= 11 is 0. The van der Waals surface area contributed by atoms with E-state index in [4.69, 9.17) is 0 Å². The van der Waals surface area contributed by atoms with Gasteiger partial charge in [0.1, 0.15) is 5.69 Å². The van der Waals surface area contributed by atoms with Crippen molar-refractivity contribution in [3.8, 4) is 16.9 Å². The second kappa shape index (κ2) is 5.44. The maximum absolute atomic E-state index is 11.5. The van der Waals surface area contributed by atoms with Crippen molar-refractivity contribution < 1.29 is 9.90 Å². The molecule has 0 saturated heterocycles. The quantitative estimate of drug-likeness (QED) is 0.805. The third-order valence-electron chi connectivity index (χ3n) is 3.44. The number of aryl methyl sites for hydroxylation is 2. The van der Waals surface area contributed by atoms with Gasteiger partial charge in [0.25, 0.3) is 0 Å². The Morgan fingerprint density at radius 3 is 2.41 bits per heavy atom. The van der Waals surface area contributed by atoms with E-state index in [0.717, 1.165) is 22.4 Å². The van der Waals surface area contributed by atoms with Gasteiger partial charge in [0.15, 0.2) is 5.69 Å². The Bertz CT molecular complexity index is 835. The maximum Gasteiger partial charge on any atom is 0.358 e. The highest BCUT2D eigenvalue weighted by atomic mass is 16.4. The van der Waals surface area contributed by atoms with E-state index < -0.39 is 5.97 Å². The van der Waals surface area contributed by atoms with Crippen LogP contribution >= 0.6 is 0 Å². The molecule has 3 rings (SSSR count). The van der Waals surface area contributed by atoms with Crippen molar-refractivity contribution in [2.75, 3.05) is 0 Å². The van der Waals surface area contributed by atoms with Crippen molar-refractivity contribution in [1.29, 1.82) is 0 Å². The molecule has 0 bridgehead atoms. The first-order valence-electron chi connectivity index (χ1n) is 6.89. The van der Waals surface area contributed by atoms with E-state index in [9.17, 15) is 9.90 Å². The Labute approximate surface area is 127 Å². The minimum atomic E-state index is -1.09. The Hall–Kier alpha value is -2.95. The van der Waals surface area contributed by atoms with Crippen LogP contribution in [0.2, 0.25) is 0 Å². The standard InChI is InChI=1S/C17H15N3O2/c1-11-6-8-14(9-7-11)20-16(15(17(21)22)18-19-20)13-5-3-4-12(2)10-13/h3-10H,1-2H3,(H,21,22). The van der Waals surface area contributed by atoms with Gasteiger partial charge in [-0.15, -0.1) is 5.10 Å². The van der Waals surface area contributed by atoms with E-state index in [-0.39, 0.29) is 5.69 Å². The van der Waals surface area contributed by atoms with Gasteiger partial charge in [-0.3, -0.25) is 0 Å². The molecule has 2 aromatic carbocycles. The number of hydrogen-bond donors (Lipinski definition) is 1. The van der Waals surface area contributed by atoms with Gasteiger partial charge in [-0.25, -0.2) is 9.48 Å². The summed E-state index contributed by atoms with van der Waals surface area (Å²) in [6.45, 7) is 3.96. The molecule has 0 aliphatic carbocycles. The second-order valence-electron chi connectivity index (χ2n) is 5.21. The summed E-state index contributed by atoms with van der Waals surface area (Å²) < 4.78 is 1.57. The first-order chi connectivity index (χ1) is 10.6. The van der Waals surface area contributed by atoms with Crippen LogP contribution in [0.1, 0.15) is 21.6 Å². The minimum absolute atomic E-state index is 0.0498. The monoisotopic (exact) mass is 293 g/mol. The van der Waals surface area contributed by atoms with Crippen LogP contribution in [-0.2, 0) is 0 Å². The Morgan fingerprint density at radius 2 is 1.77 bits per heavy atom. The lowest BCUT2D eigenvalue weighted by atomic mass is 10.1. The highest BCUT2D eigenvalue weighted by Gasteiger charge is 2.21. The van der Waals surface area contributed by atoms with Crippen LogP contribution in [0, 0.1) is 13.8 Å². The lowest BCUT2D eigenvalue weighted by Crippen LogP contribution is -2.03. The molecule has 1 aromatic heterocycles. The molecular formula is C17H15N3O2. The van der Waals surface area contributed by atoms with Crippen LogP contribution in [-0.4, -0.2) is 26.1 Å². The van der Waals surface area contributed by atoms with Crippen molar-refractivity contribution in [3.05, 3.63) is 65.4 Å². The topological polar surface area (TPSA) is 68.0 Å². The van der Waals surface area contributed by atoms with Crippen LogP contribution in [0.3, 0.4) is 0 Å². The zero-order chi connectivity index (χ0) is 15.7. The van der Waals surface area contributed by atoms with E-state index in [1.807, 2.05) is 62.4 Å². The van der Waals surface area contributed by atoms with E-state index in [1.54, 1.807) is 4.68 Å². The van der Waals surface area contributed by atoms with Gasteiger partial charge < -0.3 is 5.11 Å². The van der Waals surface area contributed by atoms with Crippen molar-refractivity contribution in [2.45, 2.75) is 13.8 Å². The molecule has 0 fully saturated rings. The van der Waals surface area contributed by atoms with Crippen LogP contribution in [0.4, 0.5) is 0 Å². The second-order valence-corrected chi connectivity index (χ2v) is 5.21. The van der Waals surface area contributed by atoms with Crippen molar-refractivity contribution >= 4 is 5.97 Å². The molecule has 0 saturated carbocycles. The highest BCUT2D eigenvalue weighted by molar-refractivity contribution is 5.93. The molecule has 0 spiro atoms. The number of nitrogens with zero attached hydrogens (tertiary/aromatic N) is 3. The summed E-state index contributed by atoms with van der Waals surface area (Å²) in [6, 6.07) is 15.4. The van der Waals surface area contributed by atoms with Gasteiger partial charge in [-0.2, -0.15) is 0 Å². The number of rotatable bonds is 3. The predicted molar refractivity (Wildman–Crippen MR) is 83.2 cm³/mol. The first-order valence-corrected chi connectivity index (χ1v) is 6.89. The molecule has 3 aromatic rings. The maximum atomic E-state index is 11.5. The summed E-state index contributed by atoms with van der Waals surface area (Å²) in [5.74, 6) is -1.09. The fraction of sp³-hybridized carbons (Fsp3) is 0.118. The van der Waals surface area contributed by atoms with Gasteiger partial charge >= 0.3 is 5.97 Å². The fourth-order valence-electron chi connectivity index (χ4n) is 2.34. The zero-order valence-electron chi connectivity index (χ0n) is 12.3. The lowest BCUT2D eigenvalue weighted by Gasteiger charge is -2.08. The summed E-state index contributed by atoms with van der Waals surface area (Å²) in [5, 5.41) is 17.2. The minimum Gasteiger partial charge on any atom is -0.476 e. The van der Waals surface area contributed by atoms with Gasteiger partial charge in [-0.05, 0) is 32.0 Å². The molecule has 110 valence electrons. The number of benzene rings is 2. The van der Waals surface area contributed by atoms with E-state index >= 15 is 0 Å². The van der Waals surface area contributed by atoms with Gasteiger partial charge in [0.2, 0.25) is 0 Å². The molecule has 1 N–H and O–H groups in total. The Morgan fingerprint density at radius 1 is 1.05 bits per heavy atom. The lowest BCUT2D eigenvalue weighted by molar-refractivity contribution is 0.0691. The molecule has 1 heterocycles. The van der Waals surface area contributed by atoms with Crippen molar-refractivity contribution in [3.63, 3.8) is 0 Å². The first kappa shape index (κ1) is 14.0. The normalized spacial score (nSPS) is 10.6. The third-order valence-corrected chi connectivity index (χ3v) is 3.44. The van der Waals surface area contributed by atoms with Crippen LogP contribution in [0.25, 0.3) is 16.9 Å². The number of carboxylic acid groups (broad SMARTS) is 1. The van der Waals surface area contributed by atoms with Gasteiger partial charge in [-0.1, -0.05) is 46.7 Å². The molecule has 0 unspecified atom stereocenters. The summed E-state index contributed by atoms with van der Waals surface area (Å²) in [7, 11) is 0. The number of aromatic nitrogens is 3. The molecule has 0 amide bonds. The smallest absolute Gasteiger partial charge is 0.358 e. The van der Waals surface area contributed by atoms with E-state index in [2.05, 4.69) is 10.3 Å². The Balaban J connectivity index is 2.24. The molecule has 5 heteroatoms. The fourth-order valence-corrected chi connectivity index (χ4v) is 2.34. The van der Waals surface area contributed by atoms with Crippen molar-refractivity contribution in [1.82, 2.24) is 15.0 Å². The number of carbonyl (C=O) groups is 1. The van der Waals surface area contributed by atoms with E-state index in [0.29, 0.717) is 5.69 Å². The molecule has 0 aliphatic heterocycles. The highest BCUT2D eigenvalue weighted by Crippen LogP contribution is 2.26. The SMILES string of the molecule is Cc1ccc(-n2nnc(C(=O)O)c2-c2cccc(C)c2)cc1. The van der Waals surface area contributed by atoms with Crippen LogP contribution in [0.5, 0.6) is 0 Å². The predicted octanol–water partition coefficient (Wildman–Crippen LogP) is 3.25. The molecule has 0 aliphatic rings. The largest absolute Gasteiger partial charge is 0.476 e. The summed E-state index contributed by atoms with van der Waals surface area (Å²) in [4.78, 5) is 11.5. The molecule has 0 radical (unpaired) electrons.